The van der Waals surface area contributed by atoms with E-state index in [4.69, 9.17) is 4.74 Å². The maximum Gasteiger partial charge on any atom is 0.410 e. The lowest BCUT2D eigenvalue weighted by atomic mass is 9.95. The second-order valence-corrected chi connectivity index (χ2v) is 14.5. The third kappa shape index (κ3) is 8.48. The fraction of sp³-hybridized carbons (Fsp3) is 0.513. The highest BCUT2D eigenvalue weighted by atomic mass is 16.6. The molecule has 3 heterocycles. The summed E-state index contributed by atoms with van der Waals surface area (Å²) in [6.07, 6.45) is 4.35. The highest BCUT2D eigenvalue weighted by Crippen LogP contribution is 2.34. The van der Waals surface area contributed by atoms with Crippen LogP contribution in [0.5, 0.6) is 0 Å². The number of benzene rings is 2. The zero-order chi connectivity index (χ0) is 34.6. The van der Waals surface area contributed by atoms with E-state index < -0.39 is 5.60 Å². The van der Waals surface area contributed by atoms with Crippen LogP contribution in [-0.2, 0) is 17.8 Å². The van der Waals surface area contributed by atoms with Crippen molar-refractivity contribution < 1.29 is 14.3 Å². The van der Waals surface area contributed by atoms with E-state index in [-0.39, 0.29) is 30.1 Å². The average molecular weight is 656 g/mol. The Morgan fingerprint density at radius 3 is 2.33 bits per heavy atom. The van der Waals surface area contributed by atoms with E-state index in [0.717, 1.165) is 59.7 Å². The number of ether oxygens (including phenoxy) is 1. The summed E-state index contributed by atoms with van der Waals surface area (Å²) in [4.78, 5) is 49.0. The standard InChI is InChI=1S/C39H53N5O4/c1-8-44(32-16-19-43(25-32)38(47)48-39(5,6)7)35-22-31(30-14-12-29(13-15-30)24-42-17-10-9-11-18-42)21-33(28(35)4)36(45)40-23-34-26(2)20-27(3)41-37(34)46/h12-15,20-22,32H,8-11,16-19,23-25H2,1-7H3,(H,40,45)(H,41,46). The third-order valence-corrected chi connectivity index (χ3v) is 9.59. The fourth-order valence-corrected chi connectivity index (χ4v) is 7.06. The second-order valence-electron chi connectivity index (χ2n) is 14.5. The van der Waals surface area contributed by atoms with Crippen LogP contribution in [0, 0.1) is 20.8 Å². The van der Waals surface area contributed by atoms with E-state index in [2.05, 4.69) is 57.4 Å². The van der Waals surface area contributed by atoms with Gasteiger partial charge in [-0.05, 0) is 127 Å². The van der Waals surface area contributed by atoms with Gasteiger partial charge in [0.25, 0.3) is 11.5 Å². The van der Waals surface area contributed by atoms with Crippen LogP contribution in [0.4, 0.5) is 10.5 Å². The van der Waals surface area contributed by atoms with E-state index >= 15 is 0 Å². The van der Waals surface area contributed by atoms with Crippen LogP contribution in [0.25, 0.3) is 11.1 Å². The van der Waals surface area contributed by atoms with Gasteiger partial charge < -0.3 is 24.8 Å². The minimum absolute atomic E-state index is 0.0769. The van der Waals surface area contributed by atoms with Crippen molar-refractivity contribution in [1.82, 2.24) is 20.1 Å². The lowest BCUT2D eigenvalue weighted by Gasteiger charge is -2.33. The molecule has 258 valence electrons. The van der Waals surface area contributed by atoms with E-state index in [9.17, 15) is 14.4 Å². The van der Waals surface area contributed by atoms with Gasteiger partial charge in [0, 0.05) is 61.3 Å². The Morgan fingerprint density at radius 2 is 1.69 bits per heavy atom. The molecule has 9 heteroatoms. The molecule has 5 rings (SSSR count). The van der Waals surface area contributed by atoms with E-state index in [1.165, 1.54) is 24.8 Å². The number of hydrogen-bond acceptors (Lipinski definition) is 6. The molecule has 2 saturated heterocycles. The molecule has 1 aromatic heterocycles. The van der Waals surface area contributed by atoms with Gasteiger partial charge in [0.1, 0.15) is 5.60 Å². The summed E-state index contributed by atoms with van der Waals surface area (Å²) in [5.41, 5.74) is 7.13. The summed E-state index contributed by atoms with van der Waals surface area (Å²) >= 11 is 0. The van der Waals surface area contributed by atoms with Gasteiger partial charge >= 0.3 is 6.09 Å². The van der Waals surface area contributed by atoms with E-state index in [1.807, 2.05) is 53.7 Å². The van der Waals surface area contributed by atoms with Gasteiger partial charge in [0.2, 0.25) is 0 Å². The maximum absolute atomic E-state index is 13.9. The van der Waals surface area contributed by atoms with Crippen LogP contribution in [0.2, 0.25) is 0 Å². The zero-order valence-electron chi connectivity index (χ0n) is 29.9. The molecule has 0 saturated carbocycles. The molecular formula is C39H53N5O4. The number of carbonyl (C=O) groups excluding carboxylic acids is 2. The molecule has 2 aliphatic rings. The zero-order valence-corrected chi connectivity index (χ0v) is 29.9. The predicted octanol–water partition coefficient (Wildman–Crippen LogP) is 6.72. The summed E-state index contributed by atoms with van der Waals surface area (Å²) in [6, 6.07) is 14.8. The normalized spacial score (nSPS) is 17.0. The number of pyridine rings is 1. The Bertz CT molecular complexity index is 1670. The summed E-state index contributed by atoms with van der Waals surface area (Å²) in [7, 11) is 0. The SMILES string of the molecule is CCN(c1cc(-c2ccc(CN3CCCCC3)cc2)cc(C(=O)NCc2c(C)cc(C)[nH]c2=O)c1C)C1CCN(C(=O)OC(C)(C)C)C1. The molecule has 1 atom stereocenters. The van der Waals surface area contributed by atoms with Crippen LogP contribution in [0.1, 0.15) is 91.7 Å². The number of nitrogens with one attached hydrogen (secondary N) is 2. The first-order chi connectivity index (χ1) is 22.8. The minimum Gasteiger partial charge on any atom is -0.444 e. The van der Waals surface area contributed by atoms with Crippen molar-refractivity contribution in [3.8, 4) is 11.1 Å². The first kappa shape index (κ1) is 35.2. The summed E-state index contributed by atoms with van der Waals surface area (Å²) < 4.78 is 5.67. The first-order valence-electron chi connectivity index (χ1n) is 17.5. The van der Waals surface area contributed by atoms with Crippen molar-refractivity contribution in [3.05, 3.63) is 86.3 Å². The van der Waals surface area contributed by atoms with Crippen LogP contribution >= 0.6 is 0 Å². The first-order valence-corrected chi connectivity index (χ1v) is 17.5. The number of likely N-dealkylation sites (N-methyl/N-ethyl adjacent to an activating group) is 1. The smallest absolute Gasteiger partial charge is 0.410 e. The molecule has 2 aliphatic heterocycles. The molecule has 0 bridgehead atoms. The monoisotopic (exact) mass is 655 g/mol. The maximum atomic E-state index is 13.9. The summed E-state index contributed by atoms with van der Waals surface area (Å²) in [5, 5.41) is 3.04. The Hall–Kier alpha value is -4.11. The number of carbonyl (C=O) groups is 2. The highest BCUT2D eigenvalue weighted by molar-refractivity contribution is 5.99. The number of H-pyrrole nitrogens is 1. The van der Waals surface area contributed by atoms with Gasteiger partial charge in [-0.25, -0.2) is 4.79 Å². The average Bonchev–Trinajstić information content (AvgIpc) is 3.52. The Morgan fingerprint density at radius 1 is 0.979 bits per heavy atom. The van der Waals surface area contributed by atoms with Crippen LogP contribution in [-0.4, -0.2) is 71.2 Å². The summed E-state index contributed by atoms with van der Waals surface area (Å²) in [6.45, 7) is 18.8. The number of anilines is 1. The van der Waals surface area contributed by atoms with Crippen molar-refractivity contribution >= 4 is 17.7 Å². The van der Waals surface area contributed by atoms with Crippen molar-refractivity contribution in [1.29, 1.82) is 0 Å². The van der Waals surface area contributed by atoms with Gasteiger partial charge in [0.15, 0.2) is 0 Å². The largest absolute Gasteiger partial charge is 0.444 e. The van der Waals surface area contributed by atoms with Gasteiger partial charge in [0.05, 0.1) is 0 Å². The molecule has 48 heavy (non-hydrogen) atoms. The van der Waals surface area contributed by atoms with Crippen molar-refractivity contribution in [3.63, 3.8) is 0 Å². The highest BCUT2D eigenvalue weighted by Gasteiger charge is 2.33. The Kier molecular flexibility index (Phi) is 11.0. The number of amides is 2. The predicted molar refractivity (Wildman–Crippen MR) is 193 cm³/mol. The van der Waals surface area contributed by atoms with Crippen molar-refractivity contribution in [2.45, 2.75) is 98.9 Å². The number of rotatable bonds is 9. The van der Waals surface area contributed by atoms with E-state index in [1.54, 1.807) is 4.90 Å². The number of aryl methyl sites for hydroxylation is 2. The summed E-state index contributed by atoms with van der Waals surface area (Å²) in [5.74, 6) is -0.227. The topological polar surface area (TPSA) is 98.0 Å². The molecule has 2 amide bonds. The molecule has 2 fully saturated rings. The van der Waals surface area contributed by atoms with E-state index in [0.29, 0.717) is 30.8 Å². The molecule has 0 spiro atoms. The molecule has 3 aromatic rings. The quantitative estimate of drug-likeness (QED) is 0.266. The molecule has 2 aromatic carbocycles. The lowest BCUT2D eigenvalue weighted by Crippen LogP contribution is -2.41. The number of aromatic amines is 1. The Labute approximate surface area is 285 Å². The molecule has 9 nitrogen and oxygen atoms in total. The van der Waals surface area contributed by atoms with Crippen molar-refractivity contribution in [2.75, 3.05) is 37.6 Å². The number of nitrogens with zero attached hydrogens (tertiary/aromatic N) is 3. The van der Waals surface area contributed by atoms with Gasteiger partial charge in [-0.15, -0.1) is 0 Å². The Balaban J connectivity index is 1.46. The molecular weight excluding hydrogens is 602 g/mol. The third-order valence-electron chi connectivity index (χ3n) is 9.59. The molecule has 1 unspecified atom stereocenters. The minimum atomic E-state index is -0.557. The number of likely N-dealkylation sites (tertiary alicyclic amines) is 2. The second kappa shape index (κ2) is 15.0. The van der Waals surface area contributed by atoms with Gasteiger partial charge in [-0.3, -0.25) is 14.5 Å². The van der Waals surface area contributed by atoms with Crippen LogP contribution in [0.15, 0.2) is 47.3 Å². The number of aromatic nitrogens is 1. The molecule has 2 N–H and O–H groups in total. The van der Waals surface area contributed by atoms with Crippen LogP contribution in [0.3, 0.4) is 0 Å². The van der Waals surface area contributed by atoms with Gasteiger partial charge in [-0.1, -0.05) is 30.7 Å². The number of piperidine rings is 1. The molecule has 0 radical (unpaired) electrons. The fourth-order valence-electron chi connectivity index (χ4n) is 7.06. The van der Waals surface area contributed by atoms with Crippen molar-refractivity contribution in [2.24, 2.45) is 0 Å². The van der Waals surface area contributed by atoms with Crippen LogP contribution < -0.4 is 15.8 Å². The lowest BCUT2D eigenvalue weighted by molar-refractivity contribution is 0.0292. The molecule has 0 aliphatic carbocycles. The number of hydrogen-bond donors (Lipinski definition) is 2. The van der Waals surface area contributed by atoms with Gasteiger partial charge in [-0.2, -0.15) is 0 Å².